The molecule has 0 unspecified atom stereocenters. The highest BCUT2D eigenvalue weighted by Crippen LogP contribution is 2.19. The second-order valence-electron chi connectivity index (χ2n) is 3.72. The third kappa shape index (κ3) is 2.76. The van der Waals surface area contributed by atoms with Crippen molar-refractivity contribution < 1.29 is 8.42 Å². The van der Waals surface area contributed by atoms with Gasteiger partial charge in [-0.2, -0.15) is 0 Å². The summed E-state index contributed by atoms with van der Waals surface area (Å²) in [6, 6.07) is 0. The minimum atomic E-state index is -2.98. The minimum absolute atomic E-state index is 0.155. The number of sulfone groups is 1. The first-order chi connectivity index (χ1) is 7.18. The summed E-state index contributed by atoms with van der Waals surface area (Å²) in [7, 11) is -2.98. The van der Waals surface area contributed by atoms with Gasteiger partial charge in [-0.1, -0.05) is 0 Å². The average Bonchev–Trinajstić information content (AvgIpc) is 2.71. The van der Waals surface area contributed by atoms with E-state index in [2.05, 4.69) is 10.3 Å². The molecule has 6 heteroatoms. The lowest BCUT2D eigenvalue weighted by atomic mass is 10.2. The molecule has 1 aromatic rings. The van der Waals surface area contributed by atoms with Crippen molar-refractivity contribution in [1.82, 2.24) is 10.3 Å². The van der Waals surface area contributed by atoms with Crippen molar-refractivity contribution in [2.45, 2.75) is 23.8 Å². The fraction of sp³-hybridized carbons (Fsp3) is 0.667. The molecule has 84 valence electrons. The van der Waals surface area contributed by atoms with E-state index in [4.69, 9.17) is 0 Å². The van der Waals surface area contributed by atoms with Crippen molar-refractivity contribution in [1.29, 1.82) is 0 Å². The van der Waals surface area contributed by atoms with Crippen LogP contribution in [-0.2, 0) is 15.6 Å². The number of hydrogen-bond donors (Lipinski definition) is 1. The SMILES string of the molecule is O=S(=O)(Cc1cncs1)C1CCNCC1. The van der Waals surface area contributed by atoms with Gasteiger partial charge in [0.05, 0.1) is 16.5 Å². The van der Waals surface area contributed by atoms with Crippen molar-refractivity contribution in [3.8, 4) is 0 Å². The summed E-state index contributed by atoms with van der Waals surface area (Å²) in [5.41, 5.74) is 1.67. The third-order valence-corrected chi connectivity index (χ3v) is 5.78. The Hall–Kier alpha value is -0.460. The maximum atomic E-state index is 12.0. The number of rotatable bonds is 3. The zero-order chi connectivity index (χ0) is 10.7. The Kier molecular flexibility index (Phi) is 3.38. The predicted molar refractivity (Wildman–Crippen MR) is 60.6 cm³/mol. The first-order valence-electron chi connectivity index (χ1n) is 4.98. The van der Waals surface area contributed by atoms with Gasteiger partial charge in [-0.3, -0.25) is 4.98 Å². The lowest BCUT2D eigenvalue weighted by Gasteiger charge is -2.22. The first-order valence-corrected chi connectivity index (χ1v) is 7.57. The highest BCUT2D eigenvalue weighted by Gasteiger charge is 2.27. The fourth-order valence-corrected chi connectivity index (χ4v) is 4.59. The Morgan fingerprint density at radius 1 is 1.47 bits per heavy atom. The number of piperidine rings is 1. The van der Waals surface area contributed by atoms with E-state index in [1.165, 1.54) is 11.3 Å². The number of nitrogens with one attached hydrogen (secondary N) is 1. The Labute approximate surface area is 93.7 Å². The van der Waals surface area contributed by atoms with Crippen molar-refractivity contribution in [2.75, 3.05) is 13.1 Å². The molecule has 0 saturated carbocycles. The van der Waals surface area contributed by atoms with Gasteiger partial charge in [0.1, 0.15) is 0 Å². The number of hydrogen-bond acceptors (Lipinski definition) is 5. The van der Waals surface area contributed by atoms with Crippen LogP contribution in [0.15, 0.2) is 11.7 Å². The average molecular weight is 246 g/mol. The van der Waals surface area contributed by atoms with Crippen LogP contribution in [0.2, 0.25) is 0 Å². The second kappa shape index (κ2) is 4.59. The van der Waals surface area contributed by atoms with E-state index in [-0.39, 0.29) is 11.0 Å². The lowest BCUT2D eigenvalue weighted by Crippen LogP contribution is -2.36. The van der Waals surface area contributed by atoms with Gasteiger partial charge in [0.25, 0.3) is 0 Å². The first kappa shape index (κ1) is 11.0. The second-order valence-corrected chi connectivity index (χ2v) is 6.98. The van der Waals surface area contributed by atoms with Gasteiger partial charge in [-0.15, -0.1) is 11.3 Å². The summed E-state index contributed by atoms with van der Waals surface area (Å²) in [5.74, 6) is 0.155. The van der Waals surface area contributed by atoms with E-state index < -0.39 is 9.84 Å². The minimum Gasteiger partial charge on any atom is -0.317 e. The van der Waals surface area contributed by atoms with Crippen LogP contribution in [0.1, 0.15) is 17.7 Å². The van der Waals surface area contributed by atoms with Crippen molar-refractivity contribution in [2.24, 2.45) is 0 Å². The van der Waals surface area contributed by atoms with E-state index >= 15 is 0 Å². The van der Waals surface area contributed by atoms with Crippen LogP contribution in [0.4, 0.5) is 0 Å². The molecule has 1 N–H and O–H groups in total. The Morgan fingerprint density at radius 2 is 2.20 bits per heavy atom. The zero-order valence-corrected chi connectivity index (χ0v) is 9.98. The molecule has 1 aromatic heterocycles. The largest absolute Gasteiger partial charge is 0.317 e. The standard InChI is InChI=1S/C9H14N2O2S2/c12-15(13,6-8-5-11-7-14-8)9-1-3-10-4-2-9/h5,7,9-10H,1-4,6H2. The molecule has 0 amide bonds. The quantitative estimate of drug-likeness (QED) is 0.857. The molecule has 0 aromatic carbocycles. The molecule has 1 aliphatic heterocycles. The number of nitrogens with zero attached hydrogens (tertiary/aromatic N) is 1. The molecule has 1 aliphatic rings. The van der Waals surface area contributed by atoms with E-state index in [0.29, 0.717) is 0 Å². The van der Waals surface area contributed by atoms with Gasteiger partial charge < -0.3 is 5.32 Å². The summed E-state index contributed by atoms with van der Waals surface area (Å²) in [4.78, 5) is 4.73. The van der Waals surface area contributed by atoms with Gasteiger partial charge in [-0.25, -0.2) is 8.42 Å². The molecule has 0 spiro atoms. The third-order valence-electron chi connectivity index (χ3n) is 2.62. The van der Waals surface area contributed by atoms with Crippen molar-refractivity contribution >= 4 is 21.2 Å². The lowest BCUT2D eigenvalue weighted by molar-refractivity contribution is 0.496. The normalized spacial score (nSPS) is 19.2. The smallest absolute Gasteiger partial charge is 0.158 e. The fourth-order valence-electron chi connectivity index (χ4n) is 1.78. The van der Waals surface area contributed by atoms with Crippen LogP contribution < -0.4 is 5.32 Å². The van der Waals surface area contributed by atoms with Gasteiger partial charge in [0.15, 0.2) is 9.84 Å². The molecule has 0 radical (unpaired) electrons. The van der Waals surface area contributed by atoms with Crippen LogP contribution >= 0.6 is 11.3 Å². The van der Waals surface area contributed by atoms with Gasteiger partial charge in [0.2, 0.25) is 0 Å². The molecule has 2 rings (SSSR count). The summed E-state index contributed by atoms with van der Waals surface area (Å²) in [6.07, 6.45) is 3.12. The van der Waals surface area contributed by atoms with E-state index in [0.717, 1.165) is 30.8 Å². The van der Waals surface area contributed by atoms with Crippen LogP contribution in [0, 0.1) is 0 Å². The zero-order valence-electron chi connectivity index (χ0n) is 8.35. The van der Waals surface area contributed by atoms with Crippen LogP contribution in [0.3, 0.4) is 0 Å². The maximum absolute atomic E-state index is 12.0. The van der Waals surface area contributed by atoms with E-state index in [1.807, 2.05) is 0 Å². The van der Waals surface area contributed by atoms with Gasteiger partial charge >= 0.3 is 0 Å². The maximum Gasteiger partial charge on any atom is 0.158 e. The highest BCUT2D eigenvalue weighted by atomic mass is 32.2. The molecular formula is C9H14N2O2S2. The van der Waals surface area contributed by atoms with Crippen molar-refractivity contribution in [3.63, 3.8) is 0 Å². The molecule has 1 fully saturated rings. The summed E-state index contributed by atoms with van der Waals surface area (Å²) < 4.78 is 24.0. The molecule has 4 nitrogen and oxygen atoms in total. The molecule has 1 saturated heterocycles. The van der Waals surface area contributed by atoms with Gasteiger partial charge in [0, 0.05) is 11.1 Å². The Morgan fingerprint density at radius 3 is 2.80 bits per heavy atom. The molecule has 0 atom stereocenters. The molecular weight excluding hydrogens is 232 g/mol. The van der Waals surface area contributed by atoms with Crippen molar-refractivity contribution in [3.05, 3.63) is 16.6 Å². The Bertz CT molecular complexity index is 394. The van der Waals surface area contributed by atoms with E-state index in [9.17, 15) is 8.42 Å². The summed E-state index contributed by atoms with van der Waals surface area (Å²) in [5, 5.41) is 3.01. The predicted octanol–water partition coefficient (Wildman–Crippen LogP) is 0.810. The molecule has 2 heterocycles. The Balaban J connectivity index is 2.05. The molecule has 15 heavy (non-hydrogen) atoms. The molecule has 0 aliphatic carbocycles. The monoisotopic (exact) mass is 246 g/mol. The highest BCUT2D eigenvalue weighted by molar-refractivity contribution is 7.91. The summed E-state index contributed by atoms with van der Waals surface area (Å²) in [6.45, 7) is 1.62. The van der Waals surface area contributed by atoms with Gasteiger partial charge in [-0.05, 0) is 25.9 Å². The number of aromatic nitrogens is 1. The van der Waals surface area contributed by atoms with E-state index in [1.54, 1.807) is 11.7 Å². The van der Waals surface area contributed by atoms with Crippen LogP contribution in [0.25, 0.3) is 0 Å². The van der Waals surface area contributed by atoms with Crippen LogP contribution in [-0.4, -0.2) is 31.7 Å². The molecule has 0 bridgehead atoms. The van der Waals surface area contributed by atoms with Crippen LogP contribution in [0.5, 0.6) is 0 Å². The number of thiazole rings is 1. The topological polar surface area (TPSA) is 59.1 Å². The summed E-state index contributed by atoms with van der Waals surface area (Å²) >= 11 is 1.41.